The second-order valence-electron chi connectivity index (χ2n) is 7.40. The van der Waals surface area contributed by atoms with Crippen LogP contribution in [0, 0.1) is 5.92 Å². The van der Waals surface area contributed by atoms with E-state index in [0.717, 1.165) is 38.0 Å². The summed E-state index contributed by atoms with van der Waals surface area (Å²) in [7, 11) is 0. The molecule has 2 rings (SSSR count). The number of ketones is 1. The van der Waals surface area contributed by atoms with Crippen molar-refractivity contribution in [3.05, 3.63) is 59.2 Å². The summed E-state index contributed by atoms with van der Waals surface area (Å²) < 4.78 is 0. The van der Waals surface area contributed by atoms with Crippen LogP contribution in [0.3, 0.4) is 0 Å². The number of hydrogen-bond acceptors (Lipinski definition) is 4. The number of hydrogen-bond donors (Lipinski definition) is 2. The fourth-order valence-electron chi connectivity index (χ4n) is 3.05. The van der Waals surface area contributed by atoms with E-state index in [1.807, 2.05) is 6.07 Å². The molecule has 0 heterocycles. The SMILES string of the molecule is CCCCN(CCC(C)C)c1ccc(C(=O)c2ccccc2C(=O)O)c(O)c1. The fourth-order valence-corrected chi connectivity index (χ4v) is 3.05. The summed E-state index contributed by atoms with van der Waals surface area (Å²) in [6, 6.07) is 11.1. The van der Waals surface area contributed by atoms with Gasteiger partial charge in [-0.2, -0.15) is 0 Å². The van der Waals surface area contributed by atoms with Gasteiger partial charge in [0.05, 0.1) is 11.1 Å². The number of anilines is 1. The highest BCUT2D eigenvalue weighted by atomic mass is 16.4. The van der Waals surface area contributed by atoms with Crippen LogP contribution in [0.4, 0.5) is 5.69 Å². The van der Waals surface area contributed by atoms with Crippen molar-refractivity contribution in [3.8, 4) is 5.75 Å². The number of carboxylic acids is 1. The number of benzene rings is 2. The van der Waals surface area contributed by atoms with Crippen LogP contribution in [-0.2, 0) is 0 Å². The highest BCUT2D eigenvalue weighted by molar-refractivity contribution is 6.15. The van der Waals surface area contributed by atoms with Crippen LogP contribution >= 0.6 is 0 Å². The summed E-state index contributed by atoms with van der Waals surface area (Å²) in [5, 5.41) is 19.8. The van der Waals surface area contributed by atoms with Gasteiger partial charge in [-0.25, -0.2) is 4.79 Å². The Hall–Kier alpha value is -2.82. The van der Waals surface area contributed by atoms with E-state index in [2.05, 4.69) is 25.7 Å². The standard InChI is InChI=1S/C23H29NO4/c1-4-5-13-24(14-12-16(2)3)17-10-11-20(21(25)15-17)22(26)18-8-6-7-9-19(18)23(27)28/h6-11,15-16,25H,4-5,12-14H2,1-3H3,(H,27,28). The molecule has 2 aromatic carbocycles. The number of phenolic OH excluding ortho intramolecular Hbond substituents is 1. The smallest absolute Gasteiger partial charge is 0.336 e. The molecular formula is C23H29NO4. The highest BCUT2D eigenvalue weighted by Gasteiger charge is 2.20. The maximum atomic E-state index is 12.8. The Balaban J connectivity index is 2.32. The molecule has 0 aliphatic rings. The molecule has 0 fully saturated rings. The Morgan fingerprint density at radius 3 is 2.25 bits per heavy atom. The van der Waals surface area contributed by atoms with Crippen LogP contribution in [-0.4, -0.2) is 35.1 Å². The van der Waals surface area contributed by atoms with Gasteiger partial charge in [-0.05, 0) is 37.0 Å². The Morgan fingerprint density at radius 1 is 1.00 bits per heavy atom. The molecule has 150 valence electrons. The molecule has 0 atom stereocenters. The first-order chi connectivity index (χ1) is 13.3. The van der Waals surface area contributed by atoms with E-state index in [9.17, 15) is 19.8 Å². The maximum absolute atomic E-state index is 12.8. The Kier molecular flexibility index (Phi) is 7.61. The zero-order valence-electron chi connectivity index (χ0n) is 16.8. The molecule has 0 aliphatic carbocycles. The third-order valence-corrected chi connectivity index (χ3v) is 4.75. The van der Waals surface area contributed by atoms with Crippen molar-refractivity contribution in [1.29, 1.82) is 0 Å². The predicted octanol–water partition coefficient (Wildman–Crippen LogP) is 4.97. The lowest BCUT2D eigenvalue weighted by Crippen LogP contribution is -2.26. The maximum Gasteiger partial charge on any atom is 0.336 e. The van der Waals surface area contributed by atoms with E-state index in [0.29, 0.717) is 5.92 Å². The molecule has 0 aliphatic heterocycles. The van der Waals surface area contributed by atoms with E-state index in [-0.39, 0.29) is 22.4 Å². The summed E-state index contributed by atoms with van der Waals surface area (Å²) in [6.07, 6.45) is 3.16. The number of phenols is 1. The van der Waals surface area contributed by atoms with Crippen molar-refractivity contribution < 1.29 is 19.8 Å². The molecule has 0 amide bonds. The minimum absolute atomic E-state index is 0.0701. The summed E-state index contributed by atoms with van der Waals surface area (Å²) in [5.41, 5.74) is 0.976. The Bertz CT molecular complexity index is 829. The second-order valence-corrected chi connectivity index (χ2v) is 7.40. The monoisotopic (exact) mass is 383 g/mol. The number of unbranched alkanes of at least 4 members (excludes halogenated alkanes) is 1. The lowest BCUT2D eigenvalue weighted by molar-refractivity contribution is 0.0692. The van der Waals surface area contributed by atoms with Crippen molar-refractivity contribution >= 4 is 17.4 Å². The highest BCUT2D eigenvalue weighted by Crippen LogP contribution is 2.28. The van der Waals surface area contributed by atoms with Gasteiger partial charge in [-0.1, -0.05) is 45.4 Å². The molecule has 0 aromatic heterocycles. The number of aromatic carboxylic acids is 1. The van der Waals surface area contributed by atoms with Gasteiger partial charge in [0.15, 0.2) is 5.78 Å². The molecule has 0 saturated carbocycles. The van der Waals surface area contributed by atoms with Crippen molar-refractivity contribution in [3.63, 3.8) is 0 Å². The first-order valence-corrected chi connectivity index (χ1v) is 9.80. The molecule has 5 nitrogen and oxygen atoms in total. The van der Waals surface area contributed by atoms with Crippen molar-refractivity contribution in [2.24, 2.45) is 5.92 Å². The lowest BCUT2D eigenvalue weighted by Gasteiger charge is -2.26. The van der Waals surface area contributed by atoms with Crippen LogP contribution in [0.1, 0.15) is 66.3 Å². The van der Waals surface area contributed by atoms with E-state index in [4.69, 9.17) is 0 Å². The van der Waals surface area contributed by atoms with E-state index in [1.165, 1.54) is 12.1 Å². The number of carbonyl (C=O) groups excluding carboxylic acids is 1. The predicted molar refractivity (Wildman–Crippen MR) is 112 cm³/mol. The van der Waals surface area contributed by atoms with Gasteiger partial charge in [-0.15, -0.1) is 0 Å². The summed E-state index contributed by atoms with van der Waals surface area (Å²) in [6.45, 7) is 8.26. The van der Waals surface area contributed by atoms with Crippen LogP contribution in [0.15, 0.2) is 42.5 Å². The van der Waals surface area contributed by atoms with Gasteiger partial charge in [0.1, 0.15) is 5.75 Å². The number of nitrogens with zero attached hydrogens (tertiary/aromatic N) is 1. The molecule has 0 unspecified atom stereocenters. The minimum Gasteiger partial charge on any atom is -0.507 e. The largest absolute Gasteiger partial charge is 0.507 e. The van der Waals surface area contributed by atoms with Gasteiger partial charge >= 0.3 is 5.97 Å². The van der Waals surface area contributed by atoms with Crippen LogP contribution in [0.2, 0.25) is 0 Å². The summed E-state index contributed by atoms with van der Waals surface area (Å²) >= 11 is 0. The average molecular weight is 383 g/mol. The number of carbonyl (C=O) groups is 2. The molecule has 28 heavy (non-hydrogen) atoms. The zero-order valence-corrected chi connectivity index (χ0v) is 16.8. The van der Waals surface area contributed by atoms with Crippen LogP contribution in [0.5, 0.6) is 5.75 Å². The van der Waals surface area contributed by atoms with Crippen molar-refractivity contribution in [1.82, 2.24) is 0 Å². The first-order valence-electron chi connectivity index (χ1n) is 9.80. The number of rotatable bonds is 10. The van der Waals surface area contributed by atoms with E-state index < -0.39 is 11.8 Å². The molecular weight excluding hydrogens is 354 g/mol. The first kappa shape index (κ1) is 21.5. The molecule has 0 radical (unpaired) electrons. The second kappa shape index (κ2) is 9.93. The summed E-state index contributed by atoms with van der Waals surface area (Å²) in [5.74, 6) is -1.22. The number of carboxylic acid groups (broad SMARTS) is 1. The van der Waals surface area contributed by atoms with Crippen LogP contribution in [0.25, 0.3) is 0 Å². The zero-order chi connectivity index (χ0) is 20.7. The molecule has 2 aromatic rings. The number of aromatic hydroxyl groups is 1. The van der Waals surface area contributed by atoms with E-state index >= 15 is 0 Å². The minimum atomic E-state index is -1.17. The third-order valence-electron chi connectivity index (χ3n) is 4.75. The van der Waals surface area contributed by atoms with Gasteiger partial charge in [0.2, 0.25) is 0 Å². The van der Waals surface area contributed by atoms with Crippen LogP contribution < -0.4 is 4.90 Å². The van der Waals surface area contributed by atoms with Crippen molar-refractivity contribution in [2.45, 2.75) is 40.0 Å². The molecule has 0 saturated heterocycles. The van der Waals surface area contributed by atoms with Crippen molar-refractivity contribution in [2.75, 3.05) is 18.0 Å². The molecule has 2 N–H and O–H groups in total. The average Bonchev–Trinajstić information content (AvgIpc) is 2.67. The Labute approximate surface area is 166 Å². The quantitative estimate of drug-likeness (QED) is 0.566. The molecule has 0 bridgehead atoms. The summed E-state index contributed by atoms with van der Waals surface area (Å²) in [4.78, 5) is 26.4. The lowest BCUT2D eigenvalue weighted by atomic mass is 9.97. The van der Waals surface area contributed by atoms with E-state index in [1.54, 1.807) is 24.3 Å². The topological polar surface area (TPSA) is 77.8 Å². The van der Waals surface area contributed by atoms with Gasteiger partial charge in [-0.3, -0.25) is 4.79 Å². The van der Waals surface area contributed by atoms with Gasteiger partial charge < -0.3 is 15.1 Å². The Morgan fingerprint density at radius 2 is 1.68 bits per heavy atom. The van der Waals surface area contributed by atoms with Gasteiger partial charge in [0.25, 0.3) is 0 Å². The molecule has 5 heteroatoms. The molecule has 0 spiro atoms. The third kappa shape index (κ3) is 5.35. The van der Waals surface area contributed by atoms with Gasteiger partial charge in [0, 0.05) is 30.4 Å². The fraction of sp³-hybridized carbons (Fsp3) is 0.391. The normalized spacial score (nSPS) is 10.9.